The van der Waals surface area contributed by atoms with E-state index in [2.05, 4.69) is 4.72 Å². The van der Waals surface area contributed by atoms with E-state index in [1.165, 1.54) is 18.2 Å². The third kappa shape index (κ3) is 4.03. The van der Waals surface area contributed by atoms with Crippen LogP contribution in [0.5, 0.6) is 5.75 Å². The molecule has 9 heteroatoms. The van der Waals surface area contributed by atoms with Crippen molar-refractivity contribution in [3.63, 3.8) is 0 Å². The minimum atomic E-state index is -3.93. The van der Waals surface area contributed by atoms with Gasteiger partial charge in [-0.1, -0.05) is 19.1 Å². The average Bonchev–Trinajstić information content (AvgIpc) is 2.63. The summed E-state index contributed by atoms with van der Waals surface area (Å²) in [5.74, 6) is -1.51. The number of benzene rings is 2. The molecule has 2 aromatic rings. The third-order valence-corrected chi connectivity index (χ3v) is 5.44. The second-order valence-electron chi connectivity index (χ2n) is 5.95. The van der Waals surface area contributed by atoms with E-state index in [0.29, 0.717) is 5.69 Å². The van der Waals surface area contributed by atoms with Crippen LogP contribution in [0.3, 0.4) is 0 Å². The Kier molecular flexibility index (Phi) is 5.04. The predicted molar refractivity (Wildman–Crippen MR) is 98.6 cm³/mol. The summed E-state index contributed by atoms with van der Waals surface area (Å²) in [4.78, 5) is 23.9. The van der Waals surface area contributed by atoms with E-state index < -0.39 is 28.4 Å². The standard InChI is InChI=1S/C18H18N2O6S/c1-2-12-4-3-5-13(8-12)19-27(24,25)14-6-7-16-15(9-14)20(10-18(22)23)17(21)11-26-16/h3-9,19H,2,10-11H2,1H3,(H,22,23). The van der Waals surface area contributed by atoms with Crippen molar-refractivity contribution in [2.75, 3.05) is 22.8 Å². The number of fused-ring (bicyclic) bond motifs is 1. The normalized spacial score (nSPS) is 13.7. The Morgan fingerprint density at radius 1 is 1.26 bits per heavy atom. The van der Waals surface area contributed by atoms with Crippen molar-refractivity contribution in [2.24, 2.45) is 0 Å². The smallest absolute Gasteiger partial charge is 0.323 e. The highest BCUT2D eigenvalue weighted by Crippen LogP contribution is 2.34. The van der Waals surface area contributed by atoms with Crippen molar-refractivity contribution in [1.82, 2.24) is 0 Å². The fourth-order valence-corrected chi connectivity index (χ4v) is 3.80. The van der Waals surface area contributed by atoms with Crippen LogP contribution in [0.2, 0.25) is 0 Å². The molecule has 1 heterocycles. The first-order valence-corrected chi connectivity index (χ1v) is 9.69. The van der Waals surface area contributed by atoms with Gasteiger partial charge in [0.25, 0.3) is 15.9 Å². The van der Waals surface area contributed by atoms with Crippen molar-refractivity contribution in [2.45, 2.75) is 18.2 Å². The van der Waals surface area contributed by atoms with Crippen LogP contribution in [-0.4, -0.2) is 38.6 Å². The van der Waals surface area contributed by atoms with Crippen LogP contribution >= 0.6 is 0 Å². The van der Waals surface area contributed by atoms with Gasteiger partial charge in [-0.05, 0) is 42.3 Å². The molecule has 0 bridgehead atoms. The van der Waals surface area contributed by atoms with Crippen molar-refractivity contribution >= 4 is 33.3 Å². The first-order chi connectivity index (χ1) is 12.8. The van der Waals surface area contributed by atoms with E-state index in [-0.39, 0.29) is 22.9 Å². The number of carboxylic acids is 1. The lowest BCUT2D eigenvalue weighted by molar-refractivity contribution is -0.137. The zero-order chi connectivity index (χ0) is 19.6. The van der Waals surface area contributed by atoms with Crippen LogP contribution in [0.4, 0.5) is 11.4 Å². The molecule has 0 unspecified atom stereocenters. The molecule has 0 saturated heterocycles. The number of hydrogen-bond acceptors (Lipinski definition) is 5. The highest BCUT2D eigenvalue weighted by Gasteiger charge is 2.29. The number of rotatable bonds is 6. The maximum Gasteiger partial charge on any atom is 0.323 e. The minimum absolute atomic E-state index is 0.100. The number of aryl methyl sites for hydroxylation is 1. The van der Waals surface area contributed by atoms with Crippen LogP contribution in [0.1, 0.15) is 12.5 Å². The van der Waals surface area contributed by atoms with E-state index in [4.69, 9.17) is 9.84 Å². The Balaban J connectivity index is 1.96. The molecule has 0 saturated carbocycles. The number of carboxylic acid groups (broad SMARTS) is 1. The highest BCUT2D eigenvalue weighted by atomic mass is 32.2. The summed E-state index contributed by atoms with van der Waals surface area (Å²) in [6.45, 7) is 1.09. The lowest BCUT2D eigenvalue weighted by atomic mass is 10.1. The van der Waals surface area contributed by atoms with Gasteiger partial charge in [-0.25, -0.2) is 8.42 Å². The molecule has 2 N–H and O–H groups in total. The summed E-state index contributed by atoms with van der Waals surface area (Å²) >= 11 is 0. The molecule has 1 aliphatic rings. The molecule has 8 nitrogen and oxygen atoms in total. The molecule has 1 amide bonds. The number of nitrogens with zero attached hydrogens (tertiary/aromatic N) is 1. The Hall–Kier alpha value is -3.07. The number of aliphatic carboxylic acids is 1. The number of amides is 1. The van der Waals surface area contributed by atoms with Gasteiger partial charge in [-0.2, -0.15) is 0 Å². The summed E-state index contributed by atoms with van der Waals surface area (Å²) in [7, 11) is -3.93. The van der Waals surface area contributed by atoms with Gasteiger partial charge in [0.2, 0.25) is 0 Å². The molecule has 0 aromatic heterocycles. The molecule has 2 aromatic carbocycles. The fraction of sp³-hybridized carbons (Fsp3) is 0.222. The van der Waals surface area contributed by atoms with E-state index in [1.54, 1.807) is 18.2 Å². The maximum atomic E-state index is 12.7. The second kappa shape index (κ2) is 7.28. The SMILES string of the molecule is CCc1cccc(NS(=O)(=O)c2ccc3c(c2)N(CC(=O)O)C(=O)CO3)c1. The molecule has 0 spiro atoms. The fourth-order valence-electron chi connectivity index (χ4n) is 2.73. The molecule has 142 valence electrons. The Labute approximate surface area is 156 Å². The molecule has 0 aliphatic carbocycles. The van der Waals surface area contributed by atoms with Gasteiger partial charge in [-0.3, -0.25) is 19.2 Å². The van der Waals surface area contributed by atoms with Gasteiger partial charge >= 0.3 is 5.97 Å². The van der Waals surface area contributed by atoms with Crippen molar-refractivity contribution in [3.8, 4) is 5.75 Å². The predicted octanol–water partition coefficient (Wildman–Crippen LogP) is 1.86. The number of ether oxygens (including phenoxy) is 1. The number of hydrogen-bond donors (Lipinski definition) is 2. The van der Waals surface area contributed by atoms with Crippen LogP contribution in [-0.2, 0) is 26.0 Å². The van der Waals surface area contributed by atoms with Gasteiger partial charge in [-0.15, -0.1) is 0 Å². The number of carbonyl (C=O) groups is 2. The van der Waals surface area contributed by atoms with Gasteiger partial charge in [0.15, 0.2) is 6.61 Å². The Bertz CT molecular complexity index is 1000. The highest BCUT2D eigenvalue weighted by molar-refractivity contribution is 7.92. The number of nitrogens with one attached hydrogen (secondary N) is 1. The largest absolute Gasteiger partial charge is 0.482 e. The van der Waals surface area contributed by atoms with Gasteiger partial charge in [0.05, 0.1) is 10.6 Å². The summed E-state index contributed by atoms with van der Waals surface area (Å²) in [6.07, 6.45) is 0.762. The van der Waals surface area contributed by atoms with Gasteiger partial charge < -0.3 is 9.84 Å². The molecule has 27 heavy (non-hydrogen) atoms. The Morgan fingerprint density at radius 3 is 2.74 bits per heavy atom. The molecule has 3 rings (SSSR count). The topological polar surface area (TPSA) is 113 Å². The molecular formula is C18H18N2O6S. The molecule has 1 aliphatic heterocycles. The van der Waals surface area contributed by atoms with E-state index >= 15 is 0 Å². The third-order valence-electron chi connectivity index (χ3n) is 4.06. The lowest BCUT2D eigenvalue weighted by Crippen LogP contribution is -2.42. The van der Waals surface area contributed by atoms with Crippen LogP contribution < -0.4 is 14.4 Å². The zero-order valence-corrected chi connectivity index (χ0v) is 15.3. The van der Waals surface area contributed by atoms with Crippen LogP contribution in [0.15, 0.2) is 47.4 Å². The average molecular weight is 390 g/mol. The van der Waals surface area contributed by atoms with Gasteiger partial charge in [0, 0.05) is 5.69 Å². The zero-order valence-electron chi connectivity index (χ0n) is 14.5. The van der Waals surface area contributed by atoms with E-state index in [1.807, 2.05) is 13.0 Å². The summed E-state index contributed by atoms with van der Waals surface area (Å²) < 4.78 is 33.2. The van der Waals surface area contributed by atoms with Crippen molar-refractivity contribution in [3.05, 3.63) is 48.0 Å². The quantitative estimate of drug-likeness (QED) is 0.778. The van der Waals surface area contributed by atoms with E-state index in [0.717, 1.165) is 16.9 Å². The summed E-state index contributed by atoms with van der Waals surface area (Å²) in [6, 6.07) is 11.0. The summed E-state index contributed by atoms with van der Waals surface area (Å²) in [5.41, 5.74) is 1.51. The first kappa shape index (κ1) is 18.7. The molecule has 0 atom stereocenters. The molecule has 0 fully saturated rings. The number of sulfonamides is 1. The summed E-state index contributed by atoms with van der Waals surface area (Å²) in [5, 5.41) is 9.02. The van der Waals surface area contributed by atoms with Crippen molar-refractivity contribution in [1.29, 1.82) is 0 Å². The lowest BCUT2D eigenvalue weighted by Gasteiger charge is -2.28. The molecule has 0 radical (unpaired) electrons. The van der Waals surface area contributed by atoms with Crippen molar-refractivity contribution < 1.29 is 27.9 Å². The number of carbonyl (C=O) groups excluding carboxylic acids is 1. The monoisotopic (exact) mass is 390 g/mol. The van der Waals surface area contributed by atoms with Crippen LogP contribution in [0, 0.1) is 0 Å². The maximum absolute atomic E-state index is 12.7. The first-order valence-electron chi connectivity index (χ1n) is 8.21. The second-order valence-corrected chi connectivity index (χ2v) is 7.63. The number of anilines is 2. The Morgan fingerprint density at radius 2 is 2.04 bits per heavy atom. The van der Waals surface area contributed by atoms with E-state index in [9.17, 15) is 18.0 Å². The van der Waals surface area contributed by atoms with Gasteiger partial charge in [0.1, 0.15) is 12.3 Å². The molecular weight excluding hydrogens is 372 g/mol. The van der Waals surface area contributed by atoms with Crippen LogP contribution in [0.25, 0.3) is 0 Å². The minimum Gasteiger partial charge on any atom is -0.482 e.